The van der Waals surface area contributed by atoms with Crippen LogP contribution in [-0.2, 0) is 21.2 Å². The van der Waals surface area contributed by atoms with Gasteiger partial charge in [-0.25, -0.2) is 12.8 Å². The maximum atomic E-state index is 13.3. The Labute approximate surface area is 112 Å². The van der Waals surface area contributed by atoms with Gasteiger partial charge >= 0.3 is 0 Å². The van der Waals surface area contributed by atoms with Crippen LogP contribution in [-0.4, -0.2) is 39.1 Å². The lowest BCUT2D eigenvalue weighted by Crippen LogP contribution is -2.32. The molecule has 0 radical (unpaired) electrons. The molecule has 1 unspecified atom stereocenters. The van der Waals surface area contributed by atoms with Gasteiger partial charge in [0.2, 0.25) is 0 Å². The molecule has 0 amide bonds. The molecule has 0 bridgehead atoms. The maximum absolute atomic E-state index is 13.3. The SMILES string of the molecule is O=S1(=O)CCC(NCCOCc2ccccc2F)C1. The smallest absolute Gasteiger partial charge is 0.151 e. The molecule has 106 valence electrons. The van der Waals surface area contributed by atoms with Crippen LogP contribution in [0.1, 0.15) is 12.0 Å². The van der Waals surface area contributed by atoms with Crippen molar-refractivity contribution in [3.05, 3.63) is 35.6 Å². The van der Waals surface area contributed by atoms with E-state index in [1.54, 1.807) is 18.2 Å². The van der Waals surface area contributed by atoms with Crippen molar-refractivity contribution in [3.8, 4) is 0 Å². The Bertz CT molecular complexity index is 518. The van der Waals surface area contributed by atoms with Crippen molar-refractivity contribution in [2.75, 3.05) is 24.7 Å². The van der Waals surface area contributed by atoms with Gasteiger partial charge in [-0.2, -0.15) is 0 Å². The molecule has 1 aromatic carbocycles. The monoisotopic (exact) mass is 287 g/mol. The first-order valence-electron chi connectivity index (χ1n) is 6.32. The fourth-order valence-corrected chi connectivity index (χ4v) is 3.80. The average molecular weight is 287 g/mol. The molecule has 1 heterocycles. The molecule has 0 aromatic heterocycles. The van der Waals surface area contributed by atoms with E-state index in [4.69, 9.17) is 4.74 Å². The predicted molar refractivity (Wildman–Crippen MR) is 71.1 cm³/mol. The van der Waals surface area contributed by atoms with Crippen molar-refractivity contribution in [2.45, 2.75) is 19.1 Å². The summed E-state index contributed by atoms with van der Waals surface area (Å²) in [5, 5.41) is 3.14. The van der Waals surface area contributed by atoms with Crippen LogP contribution in [0.25, 0.3) is 0 Å². The third-order valence-corrected chi connectivity index (χ3v) is 4.90. The third kappa shape index (κ3) is 4.56. The zero-order valence-electron chi connectivity index (χ0n) is 10.6. The predicted octanol–water partition coefficient (Wildman–Crippen LogP) is 1.12. The molecule has 1 aliphatic rings. The highest BCUT2D eigenvalue weighted by Crippen LogP contribution is 2.11. The summed E-state index contributed by atoms with van der Waals surface area (Å²) in [6, 6.07) is 6.53. The van der Waals surface area contributed by atoms with Crippen LogP contribution in [0.4, 0.5) is 4.39 Å². The molecule has 2 rings (SSSR count). The van der Waals surface area contributed by atoms with Crippen molar-refractivity contribution in [2.24, 2.45) is 0 Å². The summed E-state index contributed by atoms with van der Waals surface area (Å²) >= 11 is 0. The number of benzene rings is 1. The molecule has 1 atom stereocenters. The summed E-state index contributed by atoms with van der Waals surface area (Å²) < 4.78 is 41.1. The molecule has 0 spiro atoms. The summed E-state index contributed by atoms with van der Waals surface area (Å²) in [5.41, 5.74) is 0.533. The Morgan fingerprint density at radius 3 is 2.84 bits per heavy atom. The lowest BCUT2D eigenvalue weighted by atomic mass is 10.2. The van der Waals surface area contributed by atoms with Crippen LogP contribution >= 0.6 is 0 Å². The van der Waals surface area contributed by atoms with E-state index in [0.29, 0.717) is 25.1 Å². The summed E-state index contributed by atoms with van der Waals surface area (Å²) in [7, 11) is -2.84. The second-order valence-corrected chi connectivity index (χ2v) is 6.93. The van der Waals surface area contributed by atoms with Gasteiger partial charge in [0.15, 0.2) is 9.84 Å². The Morgan fingerprint density at radius 2 is 2.16 bits per heavy atom. The molecule has 1 saturated heterocycles. The highest BCUT2D eigenvalue weighted by molar-refractivity contribution is 7.91. The molecule has 1 fully saturated rings. The number of ether oxygens (including phenoxy) is 1. The van der Waals surface area contributed by atoms with Crippen molar-refractivity contribution < 1.29 is 17.5 Å². The molecule has 1 aromatic rings. The van der Waals surface area contributed by atoms with Crippen LogP contribution in [0, 0.1) is 5.82 Å². The normalized spacial score (nSPS) is 21.6. The minimum absolute atomic E-state index is 0.0297. The van der Waals surface area contributed by atoms with Crippen LogP contribution in [0.2, 0.25) is 0 Å². The second kappa shape index (κ2) is 6.45. The van der Waals surface area contributed by atoms with E-state index >= 15 is 0 Å². The Balaban J connectivity index is 1.62. The number of sulfone groups is 1. The van der Waals surface area contributed by atoms with E-state index < -0.39 is 9.84 Å². The summed E-state index contributed by atoms with van der Waals surface area (Å²) in [4.78, 5) is 0. The van der Waals surface area contributed by atoms with E-state index in [1.807, 2.05) is 0 Å². The van der Waals surface area contributed by atoms with E-state index in [9.17, 15) is 12.8 Å². The Hall–Kier alpha value is -0.980. The minimum Gasteiger partial charge on any atom is -0.375 e. The number of rotatable bonds is 6. The molecule has 19 heavy (non-hydrogen) atoms. The van der Waals surface area contributed by atoms with Crippen LogP contribution in [0.15, 0.2) is 24.3 Å². The topological polar surface area (TPSA) is 55.4 Å². The summed E-state index contributed by atoms with van der Waals surface area (Å²) in [6.45, 7) is 1.25. The lowest BCUT2D eigenvalue weighted by Gasteiger charge is -2.11. The largest absolute Gasteiger partial charge is 0.375 e. The van der Waals surface area contributed by atoms with Gasteiger partial charge < -0.3 is 10.1 Å². The van der Waals surface area contributed by atoms with Crippen LogP contribution in [0.5, 0.6) is 0 Å². The van der Waals surface area contributed by atoms with Crippen LogP contribution < -0.4 is 5.32 Å². The third-order valence-electron chi connectivity index (χ3n) is 3.13. The van der Waals surface area contributed by atoms with Gasteiger partial charge in [0.1, 0.15) is 5.82 Å². The number of nitrogens with one attached hydrogen (secondary N) is 1. The van der Waals surface area contributed by atoms with Gasteiger partial charge in [0, 0.05) is 18.2 Å². The number of hydrogen-bond acceptors (Lipinski definition) is 4. The standard InChI is InChI=1S/C13H18FNO3S/c14-13-4-2-1-3-11(13)9-18-7-6-15-12-5-8-19(16,17)10-12/h1-4,12,15H,5-10H2. The molecule has 0 saturated carbocycles. The van der Waals surface area contributed by atoms with Gasteiger partial charge in [-0.05, 0) is 12.5 Å². The fourth-order valence-electron chi connectivity index (χ4n) is 2.09. The summed E-state index contributed by atoms with van der Waals surface area (Å²) in [5.74, 6) is 0.207. The minimum atomic E-state index is -2.84. The molecule has 4 nitrogen and oxygen atoms in total. The first-order chi connectivity index (χ1) is 9.07. The first-order valence-corrected chi connectivity index (χ1v) is 8.14. The maximum Gasteiger partial charge on any atom is 0.151 e. The zero-order chi connectivity index (χ0) is 13.7. The number of halogens is 1. The molecule has 6 heteroatoms. The Morgan fingerprint density at radius 1 is 1.37 bits per heavy atom. The van der Waals surface area contributed by atoms with Gasteiger partial charge in [0.25, 0.3) is 0 Å². The van der Waals surface area contributed by atoms with Crippen molar-refractivity contribution in [3.63, 3.8) is 0 Å². The lowest BCUT2D eigenvalue weighted by molar-refractivity contribution is 0.119. The number of hydrogen-bond donors (Lipinski definition) is 1. The van der Waals surface area contributed by atoms with E-state index in [-0.39, 0.29) is 30.0 Å². The van der Waals surface area contributed by atoms with Crippen molar-refractivity contribution in [1.82, 2.24) is 5.32 Å². The zero-order valence-corrected chi connectivity index (χ0v) is 11.5. The van der Waals surface area contributed by atoms with E-state index in [0.717, 1.165) is 0 Å². The molecule has 1 aliphatic heterocycles. The average Bonchev–Trinajstić information content (AvgIpc) is 2.71. The Kier molecular flexibility index (Phi) is 4.90. The van der Waals surface area contributed by atoms with E-state index in [2.05, 4.69) is 5.32 Å². The molecule has 0 aliphatic carbocycles. The van der Waals surface area contributed by atoms with Crippen molar-refractivity contribution >= 4 is 9.84 Å². The van der Waals surface area contributed by atoms with Crippen LogP contribution in [0.3, 0.4) is 0 Å². The van der Waals surface area contributed by atoms with Gasteiger partial charge in [-0.1, -0.05) is 18.2 Å². The molecule has 1 N–H and O–H groups in total. The molecular weight excluding hydrogens is 269 g/mol. The van der Waals surface area contributed by atoms with E-state index in [1.165, 1.54) is 6.07 Å². The fraction of sp³-hybridized carbons (Fsp3) is 0.538. The van der Waals surface area contributed by atoms with Gasteiger partial charge in [-0.3, -0.25) is 0 Å². The van der Waals surface area contributed by atoms with Gasteiger partial charge in [-0.15, -0.1) is 0 Å². The quantitative estimate of drug-likeness (QED) is 0.797. The summed E-state index contributed by atoms with van der Waals surface area (Å²) in [6.07, 6.45) is 0.662. The van der Waals surface area contributed by atoms with Gasteiger partial charge in [0.05, 0.1) is 24.7 Å². The van der Waals surface area contributed by atoms with Crippen molar-refractivity contribution in [1.29, 1.82) is 0 Å². The first kappa shape index (κ1) is 14.4. The molecular formula is C13H18FNO3S. The highest BCUT2D eigenvalue weighted by Gasteiger charge is 2.26. The highest BCUT2D eigenvalue weighted by atomic mass is 32.2. The second-order valence-electron chi connectivity index (χ2n) is 4.70.